The monoisotopic (exact) mass is 523 g/mol. The van der Waals surface area contributed by atoms with Gasteiger partial charge in [0.05, 0.1) is 27.8 Å². The van der Waals surface area contributed by atoms with E-state index in [0.717, 1.165) is 44.5 Å². The molecule has 0 aliphatic rings. The smallest absolute Gasteiger partial charge is 0.148 e. The molecule has 7 heteroatoms. The van der Waals surface area contributed by atoms with Crippen LogP contribution in [0.1, 0.15) is 58.9 Å². The first-order chi connectivity index (χ1) is 19.1. The van der Waals surface area contributed by atoms with Crippen molar-refractivity contribution in [3.63, 3.8) is 0 Å². The van der Waals surface area contributed by atoms with Gasteiger partial charge in [0.1, 0.15) is 17.2 Å². The molecule has 0 fully saturated rings. The highest BCUT2D eigenvalue weighted by Crippen LogP contribution is 2.09. The molecule has 3 aromatic carbocycles. The van der Waals surface area contributed by atoms with Crippen molar-refractivity contribution >= 4 is 33.0 Å². The number of hydrogen-bond donors (Lipinski definition) is 0. The third-order valence-corrected chi connectivity index (χ3v) is 4.64. The maximum absolute atomic E-state index is 4.31. The summed E-state index contributed by atoms with van der Waals surface area (Å²) in [7, 11) is 0. The molecule has 3 aromatic heterocycles. The molecule has 6 aromatic rings. The molecule has 0 aliphatic carbocycles. The molecule has 6 rings (SSSR count). The normalized spacial score (nSPS) is 9.15. The van der Waals surface area contributed by atoms with E-state index in [9.17, 15) is 0 Å². The van der Waals surface area contributed by atoms with Crippen LogP contribution in [0, 0.1) is 20.8 Å². The Labute approximate surface area is 232 Å². The second-order valence-corrected chi connectivity index (χ2v) is 7.32. The zero-order chi connectivity index (χ0) is 29.0. The quantitative estimate of drug-likeness (QED) is 0.198. The van der Waals surface area contributed by atoms with Crippen LogP contribution in [0.5, 0.6) is 0 Å². The maximum Gasteiger partial charge on any atom is 0.148 e. The van der Waals surface area contributed by atoms with E-state index >= 15 is 0 Å². The lowest BCUT2D eigenvalue weighted by Crippen LogP contribution is -1.91. The Morgan fingerprint density at radius 3 is 1.54 bits per heavy atom. The van der Waals surface area contributed by atoms with Gasteiger partial charge in [-0.05, 0) is 51.1 Å². The Morgan fingerprint density at radius 1 is 0.410 bits per heavy atom. The molecule has 0 saturated carbocycles. The van der Waals surface area contributed by atoms with Gasteiger partial charge in [-0.2, -0.15) is 0 Å². The summed E-state index contributed by atoms with van der Waals surface area (Å²) in [5.74, 6) is 1.53. The Bertz CT molecular complexity index is 1330. The topological polar surface area (TPSA) is 90.2 Å². The van der Waals surface area contributed by atoms with Crippen molar-refractivity contribution in [2.75, 3.05) is 0 Å². The Morgan fingerprint density at radius 2 is 0.897 bits per heavy atom. The fourth-order valence-electron chi connectivity index (χ4n) is 3.08. The first kappa shape index (κ1) is 32.6. The van der Waals surface area contributed by atoms with Gasteiger partial charge in [0.15, 0.2) is 0 Å². The highest BCUT2D eigenvalue weighted by atomic mass is 15.1. The zero-order valence-corrected chi connectivity index (χ0v) is 24.7. The van der Waals surface area contributed by atoms with Crippen LogP contribution >= 0.6 is 0 Å². The standard InChI is InChI=1S/2C9H8N2.C8H7N3.3C2H6/c1-7-10-6-8-4-2-3-5-9(8)11-7;1-7-6-10-8-4-2-3-5-9(8)11-7;1-6-9-7-4-2-3-5-8(7)11-10-6;3*1-2/h2*2-6H,1H3;2-5H,1H3;3*1-2H3. The number of hydrogen-bond acceptors (Lipinski definition) is 7. The van der Waals surface area contributed by atoms with Crippen LogP contribution in [-0.4, -0.2) is 35.1 Å². The lowest BCUT2D eigenvalue weighted by molar-refractivity contribution is 0.952. The molecule has 0 bridgehead atoms. The van der Waals surface area contributed by atoms with Crippen molar-refractivity contribution in [2.45, 2.75) is 62.3 Å². The number of nitrogens with zero attached hydrogens (tertiary/aromatic N) is 7. The van der Waals surface area contributed by atoms with E-state index in [1.807, 2.05) is 141 Å². The number of para-hydroxylation sites is 4. The van der Waals surface area contributed by atoms with Crippen LogP contribution in [0.4, 0.5) is 0 Å². The average molecular weight is 524 g/mol. The molecule has 0 N–H and O–H groups in total. The van der Waals surface area contributed by atoms with Gasteiger partial charge in [0, 0.05) is 17.8 Å². The zero-order valence-electron chi connectivity index (χ0n) is 24.7. The van der Waals surface area contributed by atoms with E-state index in [-0.39, 0.29) is 0 Å². The number of aromatic nitrogens is 7. The number of fused-ring (bicyclic) bond motifs is 3. The average Bonchev–Trinajstić information content (AvgIpc) is 3.00. The van der Waals surface area contributed by atoms with E-state index < -0.39 is 0 Å². The SMILES string of the molecule is CC.CC.CC.Cc1cnc2ccccc2n1.Cc1ncc2ccccc2n1.Cc1nnc2ccccc2n1. The number of aryl methyl sites for hydroxylation is 3. The summed E-state index contributed by atoms with van der Waals surface area (Å²) in [4.78, 5) is 21.1. The van der Waals surface area contributed by atoms with Crippen LogP contribution in [0.15, 0.2) is 85.2 Å². The van der Waals surface area contributed by atoms with Crippen molar-refractivity contribution in [3.05, 3.63) is 103 Å². The molecule has 3 heterocycles. The summed E-state index contributed by atoms with van der Waals surface area (Å²) in [5.41, 5.74) is 5.65. The van der Waals surface area contributed by atoms with Gasteiger partial charge in [-0.15, -0.1) is 10.2 Å². The Balaban J connectivity index is 0.000000267. The van der Waals surface area contributed by atoms with Crippen molar-refractivity contribution in [1.82, 2.24) is 35.1 Å². The predicted molar refractivity (Wildman–Crippen MR) is 165 cm³/mol. The largest absolute Gasteiger partial charge is 0.253 e. The van der Waals surface area contributed by atoms with Crippen molar-refractivity contribution in [2.24, 2.45) is 0 Å². The van der Waals surface area contributed by atoms with E-state index in [1.54, 1.807) is 6.20 Å². The fraction of sp³-hybridized carbons (Fsp3) is 0.281. The van der Waals surface area contributed by atoms with Gasteiger partial charge in [-0.25, -0.2) is 19.9 Å². The lowest BCUT2D eigenvalue weighted by Gasteiger charge is -1.95. The first-order valence-electron chi connectivity index (χ1n) is 13.5. The highest BCUT2D eigenvalue weighted by molar-refractivity contribution is 5.77. The van der Waals surface area contributed by atoms with E-state index in [1.165, 1.54) is 0 Å². The Kier molecular flexibility index (Phi) is 15.7. The number of benzene rings is 3. The molecule has 0 spiro atoms. The van der Waals surface area contributed by atoms with Crippen LogP contribution in [0.25, 0.3) is 33.0 Å². The summed E-state index contributed by atoms with van der Waals surface area (Å²) in [5, 5.41) is 8.91. The van der Waals surface area contributed by atoms with Gasteiger partial charge in [-0.3, -0.25) is 4.98 Å². The minimum absolute atomic E-state index is 0.712. The lowest BCUT2D eigenvalue weighted by atomic mass is 10.2. The summed E-state index contributed by atoms with van der Waals surface area (Å²) in [6.07, 6.45) is 3.62. The molecular weight excluding hydrogens is 482 g/mol. The van der Waals surface area contributed by atoms with Gasteiger partial charge < -0.3 is 0 Å². The van der Waals surface area contributed by atoms with Gasteiger partial charge in [0.25, 0.3) is 0 Å². The number of rotatable bonds is 0. The van der Waals surface area contributed by atoms with Crippen molar-refractivity contribution < 1.29 is 0 Å². The summed E-state index contributed by atoms with van der Waals surface area (Å²) >= 11 is 0. The third-order valence-electron chi connectivity index (χ3n) is 4.64. The molecule has 0 radical (unpaired) electrons. The van der Waals surface area contributed by atoms with E-state index in [2.05, 4.69) is 35.1 Å². The Hall–Kier alpha value is -4.39. The summed E-state index contributed by atoms with van der Waals surface area (Å²) < 4.78 is 0. The van der Waals surface area contributed by atoms with Crippen LogP contribution < -0.4 is 0 Å². The molecule has 0 saturated heterocycles. The highest BCUT2D eigenvalue weighted by Gasteiger charge is 1.95. The molecule has 0 atom stereocenters. The summed E-state index contributed by atoms with van der Waals surface area (Å²) in [6.45, 7) is 17.7. The first-order valence-corrected chi connectivity index (χ1v) is 13.5. The van der Waals surface area contributed by atoms with E-state index in [0.29, 0.717) is 5.82 Å². The minimum atomic E-state index is 0.712. The molecule has 7 nitrogen and oxygen atoms in total. The summed E-state index contributed by atoms with van der Waals surface area (Å²) in [6, 6.07) is 23.5. The molecule has 204 valence electrons. The molecule has 39 heavy (non-hydrogen) atoms. The second kappa shape index (κ2) is 18.8. The molecule has 0 aliphatic heterocycles. The van der Waals surface area contributed by atoms with Gasteiger partial charge in [0.2, 0.25) is 0 Å². The van der Waals surface area contributed by atoms with E-state index in [4.69, 9.17) is 0 Å². The van der Waals surface area contributed by atoms with Crippen molar-refractivity contribution in [3.8, 4) is 0 Å². The molecular formula is C32H41N7. The van der Waals surface area contributed by atoms with Crippen molar-refractivity contribution in [1.29, 1.82) is 0 Å². The van der Waals surface area contributed by atoms with Gasteiger partial charge in [-0.1, -0.05) is 84.0 Å². The molecule has 0 unspecified atom stereocenters. The van der Waals surface area contributed by atoms with Crippen LogP contribution in [-0.2, 0) is 0 Å². The fourth-order valence-corrected chi connectivity index (χ4v) is 3.08. The minimum Gasteiger partial charge on any atom is -0.253 e. The second-order valence-electron chi connectivity index (χ2n) is 7.32. The third kappa shape index (κ3) is 10.9. The van der Waals surface area contributed by atoms with Crippen LogP contribution in [0.3, 0.4) is 0 Å². The van der Waals surface area contributed by atoms with Crippen LogP contribution in [0.2, 0.25) is 0 Å². The maximum atomic E-state index is 4.31. The predicted octanol–water partition coefficient (Wildman–Crippen LogP) is 8.29. The van der Waals surface area contributed by atoms with Gasteiger partial charge >= 0.3 is 0 Å². The molecule has 0 amide bonds.